The fraction of sp³-hybridized carbons (Fsp3) is 0.600. The van der Waals surface area contributed by atoms with Crippen LogP contribution in [-0.2, 0) is 14.3 Å². The van der Waals surface area contributed by atoms with E-state index in [-0.39, 0.29) is 5.97 Å². The van der Waals surface area contributed by atoms with Gasteiger partial charge in [-0.2, -0.15) is 0 Å². The molecule has 0 aromatic heterocycles. The molecule has 3 nitrogen and oxygen atoms in total. The van der Waals surface area contributed by atoms with Crippen molar-refractivity contribution in [2.75, 3.05) is 0 Å². The molecule has 1 aliphatic rings. The number of esters is 1. The van der Waals surface area contributed by atoms with E-state index >= 15 is 0 Å². The molecule has 0 amide bonds. The van der Waals surface area contributed by atoms with Gasteiger partial charge in [-0.05, 0) is 0 Å². The quantitative estimate of drug-likeness (QED) is 0.442. The average molecular weight is 113 g/mol. The summed E-state index contributed by atoms with van der Waals surface area (Å²) in [4.78, 5) is 20.0. The van der Waals surface area contributed by atoms with E-state index in [1.54, 1.807) is 6.29 Å². The SMILES string of the molecule is O=[C][C@H]1CCC(=O)O1. The monoisotopic (exact) mass is 113 g/mol. The molecule has 0 unspecified atom stereocenters. The van der Waals surface area contributed by atoms with Crippen molar-refractivity contribution < 1.29 is 14.3 Å². The first-order valence-electron chi connectivity index (χ1n) is 2.40. The number of ether oxygens (including phenoxy) is 1. The normalized spacial score (nSPS) is 27.5. The Morgan fingerprint density at radius 3 is 2.75 bits per heavy atom. The maximum absolute atomic E-state index is 10.2. The Balaban J connectivity index is 2.43. The molecule has 0 saturated carbocycles. The summed E-state index contributed by atoms with van der Waals surface area (Å²) < 4.78 is 4.45. The van der Waals surface area contributed by atoms with Gasteiger partial charge in [0.05, 0.1) is 0 Å². The molecule has 1 atom stereocenters. The number of cyclic esters (lactones) is 1. The molecule has 1 fully saturated rings. The number of carbonyl (C=O) groups excluding carboxylic acids is 2. The minimum atomic E-state index is -0.581. The fourth-order valence-corrected chi connectivity index (χ4v) is 0.608. The second-order valence-electron chi connectivity index (χ2n) is 1.64. The second kappa shape index (κ2) is 1.94. The Labute approximate surface area is 46.6 Å². The minimum absolute atomic E-state index is 0.293. The highest BCUT2D eigenvalue weighted by Gasteiger charge is 2.22. The second-order valence-corrected chi connectivity index (χ2v) is 1.64. The zero-order valence-electron chi connectivity index (χ0n) is 4.22. The van der Waals surface area contributed by atoms with Crippen molar-refractivity contribution in [3.63, 3.8) is 0 Å². The summed E-state index contributed by atoms with van der Waals surface area (Å²) in [6.45, 7) is 0. The lowest BCUT2D eigenvalue weighted by molar-refractivity contribution is -0.139. The number of rotatable bonds is 1. The average Bonchev–Trinajstić information content (AvgIpc) is 2.14. The standard InChI is InChI=1S/C5H5O3/c6-3-4-1-2-5(7)8-4/h4H,1-2H2/t4-/m1/s1. The van der Waals surface area contributed by atoms with Gasteiger partial charge in [0, 0.05) is 12.8 Å². The first kappa shape index (κ1) is 5.28. The van der Waals surface area contributed by atoms with Crippen LogP contribution in [-0.4, -0.2) is 18.4 Å². The van der Waals surface area contributed by atoms with E-state index < -0.39 is 6.10 Å². The van der Waals surface area contributed by atoms with Gasteiger partial charge in [0.2, 0.25) is 6.29 Å². The molecule has 3 heteroatoms. The summed E-state index contributed by atoms with van der Waals surface area (Å²) in [6.07, 6.45) is 1.88. The minimum Gasteiger partial charge on any atom is -0.454 e. The number of hydrogen-bond donors (Lipinski definition) is 0. The molecular formula is C5H5O3. The Kier molecular flexibility index (Phi) is 1.28. The van der Waals surface area contributed by atoms with Gasteiger partial charge in [-0.1, -0.05) is 0 Å². The molecule has 1 rings (SSSR count). The highest BCUT2D eigenvalue weighted by atomic mass is 16.6. The van der Waals surface area contributed by atoms with E-state index in [0.29, 0.717) is 12.8 Å². The van der Waals surface area contributed by atoms with Crippen LogP contribution in [0.2, 0.25) is 0 Å². The summed E-state index contributed by atoms with van der Waals surface area (Å²) in [5.41, 5.74) is 0. The molecule has 0 N–H and O–H groups in total. The summed E-state index contributed by atoms with van der Waals surface area (Å²) in [7, 11) is 0. The van der Waals surface area contributed by atoms with Gasteiger partial charge in [-0.15, -0.1) is 0 Å². The van der Waals surface area contributed by atoms with Crippen molar-refractivity contribution in [1.82, 2.24) is 0 Å². The van der Waals surface area contributed by atoms with Gasteiger partial charge in [-0.25, -0.2) is 0 Å². The van der Waals surface area contributed by atoms with Crippen LogP contribution in [0.3, 0.4) is 0 Å². The topological polar surface area (TPSA) is 43.4 Å². The molecule has 8 heavy (non-hydrogen) atoms. The van der Waals surface area contributed by atoms with E-state index in [2.05, 4.69) is 4.74 Å². The predicted molar refractivity (Wildman–Crippen MR) is 24.8 cm³/mol. The van der Waals surface area contributed by atoms with Gasteiger partial charge in [-0.3, -0.25) is 9.59 Å². The van der Waals surface area contributed by atoms with Crippen LogP contribution in [0.25, 0.3) is 0 Å². The fourth-order valence-electron chi connectivity index (χ4n) is 0.608. The van der Waals surface area contributed by atoms with E-state index in [0.717, 1.165) is 0 Å². The van der Waals surface area contributed by atoms with Crippen LogP contribution in [0.15, 0.2) is 0 Å². The van der Waals surface area contributed by atoms with E-state index in [9.17, 15) is 9.59 Å². The molecule has 0 aromatic rings. The summed E-state index contributed by atoms with van der Waals surface area (Å²) in [5.74, 6) is -0.293. The molecule has 0 aliphatic carbocycles. The molecule has 1 aliphatic heterocycles. The van der Waals surface area contributed by atoms with Crippen LogP contribution in [0.4, 0.5) is 0 Å². The smallest absolute Gasteiger partial charge is 0.306 e. The van der Waals surface area contributed by atoms with Crippen molar-refractivity contribution in [3.05, 3.63) is 0 Å². The van der Waals surface area contributed by atoms with Gasteiger partial charge < -0.3 is 4.74 Å². The van der Waals surface area contributed by atoms with Gasteiger partial charge in [0.1, 0.15) is 0 Å². The Bertz CT molecular complexity index is 119. The third-order valence-corrected chi connectivity index (χ3v) is 1.02. The van der Waals surface area contributed by atoms with Crippen LogP contribution in [0.5, 0.6) is 0 Å². The van der Waals surface area contributed by atoms with Crippen molar-refractivity contribution in [2.45, 2.75) is 18.9 Å². The molecule has 1 heterocycles. The van der Waals surface area contributed by atoms with Crippen molar-refractivity contribution in [3.8, 4) is 0 Å². The molecule has 1 saturated heterocycles. The molecule has 43 valence electrons. The molecular weight excluding hydrogens is 108 g/mol. The molecule has 0 aromatic carbocycles. The van der Waals surface area contributed by atoms with E-state index in [4.69, 9.17) is 0 Å². The Morgan fingerprint density at radius 2 is 2.50 bits per heavy atom. The highest BCUT2D eigenvalue weighted by molar-refractivity contribution is 5.76. The summed E-state index contributed by atoms with van der Waals surface area (Å²) in [5, 5.41) is 0. The third kappa shape index (κ3) is 0.857. The third-order valence-electron chi connectivity index (χ3n) is 1.02. The lowest BCUT2D eigenvalue weighted by atomic mass is 10.3. The maximum Gasteiger partial charge on any atom is 0.306 e. The summed E-state index contributed by atoms with van der Waals surface area (Å²) >= 11 is 0. The van der Waals surface area contributed by atoms with E-state index in [1.165, 1.54) is 0 Å². The molecule has 0 bridgehead atoms. The van der Waals surface area contributed by atoms with E-state index in [1.807, 2.05) is 0 Å². The largest absolute Gasteiger partial charge is 0.454 e. The zero-order valence-corrected chi connectivity index (χ0v) is 4.22. The first-order valence-corrected chi connectivity index (χ1v) is 2.40. The number of hydrogen-bond acceptors (Lipinski definition) is 3. The first-order chi connectivity index (χ1) is 3.83. The highest BCUT2D eigenvalue weighted by Crippen LogP contribution is 2.10. The van der Waals surface area contributed by atoms with Crippen molar-refractivity contribution in [2.24, 2.45) is 0 Å². The predicted octanol–water partition coefficient (Wildman–Crippen LogP) is -0.198. The van der Waals surface area contributed by atoms with Crippen LogP contribution >= 0.6 is 0 Å². The Morgan fingerprint density at radius 1 is 1.75 bits per heavy atom. The zero-order chi connectivity index (χ0) is 5.98. The van der Waals surface area contributed by atoms with Crippen LogP contribution in [0, 0.1) is 0 Å². The van der Waals surface area contributed by atoms with Gasteiger partial charge >= 0.3 is 5.97 Å². The lowest BCUT2D eigenvalue weighted by Gasteiger charge is -1.93. The lowest BCUT2D eigenvalue weighted by Crippen LogP contribution is -2.06. The molecule has 0 spiro atoms. The summed E-state index contributed by atoms with van der Waals surface area (Å²) in [6, 6.07) is 0. The van der Waals surface area contributed by atoms with Crippen LogP contribution < -0.4 is 0 Å². The maximum atomic E-state index is 10.2. The van der Waals surface area contributed by atoms with Crippen molar-refractivity contribution >= 4 is 12.3 Å². The van der Waals surface area contributed by atoms with Gasteiger partial charge in [0.25, 0.3) is 0 Å². The Hall–Kier alpha value is -0.860. The molecule has 1 radical (unpaired) electrons. The van der Waals surface area contributed by atoms with Gasteiger partial charge in [0.15, 0.2) is 6.10 Å². The van der Waals surface area contributed by atoms with Crippen molar-refractivity contribution in [1.29, 1.82) is 0 Å². The van der Waals surface area contributed by atoms with Crippen LogP contribution in [0.1, 0.15) is 12.8 Å². The number of carbonyl (C=O) groups is 1.